The Hall–Kier alpha value is -3.21. The van der Waals surface area contributed by atoms with E-state index in [0.29, 0.717) is 11.1 Å². The van der Waals surface area contributed by atoms with Gasteiger partial charge in [-0.1, -0.05) is 6.07 Å². The number of phenols is 1. The minimum absolute atomic E-state index is 0.0494. The van der Waals surface area contributed by atoms with E-state index in [1.54, 1.807) is 20.2 Å². The number of aliphatic hydroxyl groups excluding tert-OH is 2. The number of aromatic hydroxyl groups is 1. The number of fused-ring (bicyclic) bond motifs is 3. The monoisotopic (exact) mass is 458 g/mol. The molecule has 10 nitrogen and oxygen atoms in total. The van der Waals surface area contributed by atoms with Gasteiger partial charge >= 0.3 is 0 Å². The number of carbonyl (C=O) groups is 3. The minimum Gasteiger partial charge on any atom is -0.508 e. The van der Waals surface area contributed by atoms with Crippen LogP contribution < -0.4 is 5.73 Å². The molecular formula is C23H26N2O8. The molecule has 3 aliphatic carbocycles. The normalized spacial score (nSPS) is 29.2. The maximum atomic E-state index is 13.7. The molecule has 1 fully saturated rings. The summed E-state index contributed by atoms with van der Waals surface area (Å²) >= 11 is 0. The lowest BCUT2D eigenvalue weighted by molar-refractivity contribution is -0.153. The van der Waals surface area contributed by atoms with Gasteiger partial charge in [-0.25, -0.2) is 0 Å². The Kier molecular flexibility index (Phi) is 5.35. The minimum atomic E-state index is -2.63. The molecule has 0 aliphatic heterocycles. The first-order chi connectivity index (χ1) is 15.5. The van der Waals surface area contributed by atoms with Crippen LogP contribution in [0, 0.1) is 11.8 Å². The van der Waals surface area contributed by atoms with Crippen LogP contribution >= 0.6 is 0 Å². The van der Waals surface area contributed by atoms with Crippen molar-refractivity contribution in [3.63, 3.8) is 0 Å². The Morgan fingerprint density at radius 2 is 1.91 bits per heavy atom. The number of phenolic OH excluding ortho intramolecular Hbond substituents is 1. The first-order valence-electron chi connectivity index (χ1n) is 10.4. The number of methoxy groups -OCH3 is 1. The number of Topliss-reactive ketones (excluding diaryl/α,β-unsaturated/α-hetero) is 2. The van der Waals surface area contributed by atoms with Crippen molar-refractivity contribution in [2.45, 2.75) is 31.1 Å². The first-order valence-corrected chi connectivity index (χ1v) is 10.4. The van der Waals surface area contributed by atoms with Crippen LogP contribution in [0.1, 0.15) is 23.1 Å². The van der Waals surface area contributed by atoms with Gasteiger partial charge in [0.25, 0.3) is 5.91 Å². The summed E-state index contributed by atoms with van der Waals surface area (Å²) < 4.78 is 5.22. The number of nitrogens with two attached hydrogens (primary N) is 1. The molecular weight excluding hydrogens is 432 g/mol. The van der Waals surface area contributed by atoms with Crippen molar-refractivity contribution in [3.05, 3.63) is 45.7 Å². The summed E-state index contributed by atoms with van der Waals surface area (Å²) in [7, 11) is 4.62. The average molecular weight is 458 g/mol. The van der Waals surface area contributed by atoms with Gasteiger partial charge in [0.05, 0.1) is 18.2 Å². The van der Waals surface area contributed by atoms with Gasteiger partial charge in [-0.15, -0.1) is 0 Å². The molecule has 33 heavy (non-hydrogen) atoms. The second-order valence-corrected chi connectivity index (χ2v) is 8.99. The van der Waals surface area contributed by atoms with Crippen molar-refractivity contribution in [1.29, 1.82) is 0 Å². The van der Waals surface area contributed by atoms with Crippen LogP contribution in [0.5, 0.6) is 5.75 Å². The van der Waals surface area contributed by atoms with Crippen LogP contribution in [0.2, 0.25) is 0 Å². The highest BCUT2D eigenvalue weighted by atomic mass is 16.5. The van der Waals surface area contributed by atoms with Gasteiger partial charge in [0.2, 0.25) is 5.78 Å². The third kappa shape index (κ3) is 3.01. The summed E-state index contributed by atoms with van der Waals surface area (Å²) in [6, 6.07) is 1.93. The summed E-state index contributed by atoms with van der Waals surface area (Å²) in [6.07, 6.45) is 0.287. The van der Waals surface area contributed by atoms with Crippen molar-refractivity contribution in [2.24, 2.45) is 17.6 Å². The van der Waals surface area contributed by atoms with Crippen molar-refractivity contribution in [1.82, 2.24) is 4.90 Å². The molecule has 0 bridgehead atoms. The van der Waals surface area contributed by atoms with Gasteiger partial charge in [0.1, 0.15) is 22.8 Å². The van der Waals surface area contributed by atoms with E-state index in [1.165, 1.54) is 18.1 Å². The number of hydrogen-bond donors (Lipinski definition) is 5. The SMILES string of the molecule is COCc1ccc(O)c2c1C[C@H]1C[C@H]3[C@H](N(C)C)C(=O)C(C(N)=O)=C(O)[C@@]3(O)C(=O)C1=C2O. The van der Waals surface area contributed by atoms with Crippen molar-refractivity contribution < 1.29 is 39.5 Å². The second-order valence-electron chi connectivity index (χ2n) is 8.99. The molecule has 0 radical (unpaired) electrons. The predicted molar refractivity (Wildman–Crippen MR) is 115 cm³/mol. The number of ether oxygens (including phenoxy) is 1. The number of aliphatic hydroxyl groups is 3. The Balaban J connectivity index is 1.97. The molecule has 1 amide bonds. The van der Waals surface area contributed by atoms with Crippen LogP contribution in [0.3, 0.4) is 0 Å². The lowest BCUT2D eigenvalue weighted by Gasteiger charge is -2.50. The van der Waals surface area contributed by atoms with Gasteiger partial charge in [0.15, 0.2) is 11.4 Å². The van der Waals surface area contributed by atoms with Gasteiger partial charge in [-0.3, -0.25) is 19.3 Å². The third-order valence-electron chi connectivity index (χ3n) is 7.00. The lowest BCUT2D eigenvalue weighted by Crippen LogP contribution is -2.65. The largest absolute Gasteiger partial charge is 0.508 e. The van der Waals surface area contributed by atoms with Gasteiger partial charge in [-0.2, -0.15) is 0 Å². The van der Waals surface area contributed by atoms with E-state index < -0.39 is 58.0 Å². The number of likely N-dealkylation sites (N-methyl/N-ethyl adjacent to an activating group) is 1. The number of benzene rings is 1. The summed E-state index contributed by atoms with van der Waals surface area (Å²) in [4.78, 5) is 40.1. The first kappa shape index (κ1) is 23.0. The zero-order valence-electron chi connectivity index (χ0n) is 18.5. The van der Waals surface area contributed by atoms with Crippen molar-refractivity contribution in [2.75, 3.05) is 21.2 Å². The Labute approximate surface area is 189 Å². The Morgan fingerprint density at radius 3 is 2.48 bits per heavy atom. The standard InChI is InChI=1S/C23H26N2O8/c1-25(2)17-12-7-10-6-11-9(8-33-3)4-5-13(26)15(11)18(27)14(10)20(29)23(12,32)21(30)16(19(17)28)22(24)31/h4-5,10,12,17,26-27,30,32H,6-8H2,1-3H3,(H2,24,31)/t10-,12-,17-,23-/m0/s1. The third-order valence-corrected chi connectivity index (χ3v) is 7.00. The Bertz CT molecular complexity index is 1150. The number of hydrogen-bond acceptors (Lipinski definition) is 9. The molecule has 176 valence electrons. The van der Waals surface area contributed by atoms with E-state index >= 15 is 0 Å². The maximum absolute atomic E-state index is 13.7. The number of nitrogens with zero attached hydrogens (tertiary/aromatic N) is 1. The fraction of sp³-hybridized carbons (Fsp3) is 0.435. The van der Waals surface area contributed by atoms with E-state index in [4.69, 9.17) is 10.5 Å². The van der Waals surface area contributed by atoms with E-state index in [1.807, 2.05) is 0 Å². The van der Waals surface area contributed by atoms with Gasteiger partial charge < -0.3 is 30.9 Å². The second kappa shape index (κ2) is 7.68. The molecule has 0 unspecified atom stereocenters. The molecule has 4 atom stereocenters. The number of ketones is 2. The molecule has 3 aliphatic rings. The van der Waals surface area contributed by atoms with E-state index in [9.17, 15) is 34.8 Å². The summed E-state index contributed by atoms with van der Waals surface area (Å²) in [5.41, 5.74) is 3.03. The van der Waals surface area contributed by atoms with Crippen LogP contribution in [0.4, 0.5) is 0 Å². The summed E-state index contributed by atoms with van der Waals surface area (Å²) in [5.74, 6) is -6.64. The van der Waals surface area contributed by atoms with Crippen LogP contribution in [0.25, 0.3) is 5.76 Å². The van der Waals surface area contributed by atoms with Gasteiger partial charge in [-0.05, 0) is 50.0 Å². The molecule has 6 N–H and O–H groups in total. The molecule has 0 saturated heterocycles. The van der Waals surface area contributed by atoms with Crippen LogP contribution in [0.15, 0.2) is 29.0 Å². The lowest BCUT2D eigenvalue weighted by atomic mass is 9.57. The molecule has 1 aromatic rings. The molecule has 0 aromatic heterocycles. The van der Waals surface area contributed by atoms with Gasteiger partial charge in [0, 0.05) is 18.6 Å². The van der Waals surface area contributed by atoms with E-state index in [0.717, 1.165) is 0 Å². The topological polar surface area (TPSA) is 171 Å². The summed E-state index contributed by atoms with van der Waals surface area (Å²) in [6.45, 7) is 0.212. The molecule has 4 rings (SSSR count). The maximum Gasteiger partial charge on any atom is 0.255 e. The smallest absolute Gasteiger partial charge is 0.255 e. The predicted octanol–water partition coefficient (Wildman–Crippen LogP) is 0.110. The average Bonchev–Trinajstić information content (AvgIpc) is 2.72. The number of rotatable bonds is 4. The van der Waals surface area contributed by atoms with Crippen LogP contribution in [-0.2, 0) is 32.1 Å². The number of primary amides is 1. The highest BCUT2D eigenvalue weighted by molar-refractivity contribution is 6.24. The fourth-order valence-electron chi connectivity index (χ4n) is 5.60. The van der Waals surface area contributed by atoms with Crippen molar-refractivity contribution >= 4 is 23.2 Å². The fourth-order valence-corrected chi connectivity index (χ4v) is 5.60. The molecule has 0 heterocycles. The van der Waals surface area contributed by atoms with Crippen molar-refractivity contribution in [3.8, 4) is 5.75 Å². The molecule has 0 spiro atoms. The molecule has 10 heteroatoms. The molecule has 1 aromatic carbocycles. The zero-order chi connectivity index (χ0) is 24.4. The number of amides is 1. The summed E-state index contributed by atoms with van der Waals surface area (Å²) in [5, 5.41) is 43.8. The Morgan fingerprint density at radius 1 is 1.24 bits per heavy atom. The quantitative estimate of drug-likeness (QED) is 0.393. The molecule has 1 saturated carbocycles. The van der Waals surface area contributed by atoms with Crippen LogP contribution in [-0.4, -0.2) is 75.6 Å². The van der Waals surface area contributed by atoms with E-state index in [2.05, 4.69) is 0 Å². The zero-order valence-corrected chi connectivity index (χ0v) is 18.5. The van der Waals surface area contributed by atoms with E-state index in [-0.39, 0.29) is 36.3 Å². The highest BCUT2D eigenvalue weighted by Crippen LogP contribution is 2.52. The number of carbonyl (C=O) groups excluding carboxylic acids is 3. The highest BCUT2D eigenvalue weighted by Gasteiger charge is 2.64.